The molecule has 3 nitrogen and oxygen atoms in total. The molecular formula is C11H21NO2. The van der Waals surface area contributed by atoms with Crippen molar-refractivity contribution in [2.75, 3.05) is 0 Å². The summed E-state index contributed by atoms with van der Waals surface area (Å²) >= 11 is 0. The lowest BCUT2D eigenvalue weighted by Gasteiger charge is -2.22. The quantitative estimate of drug-likeness (QED) is 0.546. The average molecular weight is 199 g/mol. The van der Waals surface area contributed by atoms with Crippen LogP contribution in [0.3, 0.4) is 0 Å². The second-order valence-electron chi connectivity index (χ2n) is 3.49. The van der Waals surface area contributed by atoms with Gasteiger partial charge in [-0.05, 0) is 32.6 Å². The zero-order chi connectivity index (χ0) is 11.0. The summed E-state index contributed by atoms with van der Waals surface area (Å²) in [5, 5.41) is 0. The van der Waals surface area contributed by atoms with E-state index in [0.717, 1.165) is 12.8 Å². The van der Waals surface area contributed by atoms with Gasteiger partial charge in [-0.25, -0.2) is 0 Å². The normalized spacial score (nSPS) is 19.0. The van der Waals surface area contributed by atoms with Crippen LogP contribution in [0.2, 0.25) is 0 Å². The molecule has 3 heteroatoms. The summed E-state index contributed by atoms with van der Waals surface area (Å²) in [5.74, 6) is -0.262. The second kappa shape index (κ2) is 7.56. The van der Waals surface area contributed by atoms with E-state index in [1.165, 1.54) is 19.3 Å². The highest BCUT2D eigenvalue weighted by Crippen LogP contribution is 2.20. The summed E-state index contributed by atoms with van der Waals surface area (Å²) in [7, 11) is 0. The third-order valence-corrected chi connectivity index (χ3v) is 2.21. The Bertz CT molecular complexity index is 163. The van der Waals surface area contributed by atoms with Gasteiger partial charge in [-0.3, -0.25) is 4.79 Å². The molecule has 0 bridgehead atoms. The number of hydrogen-bond acceptors (Lipinski definition) is 3. The minimum Gasteiger partial charge on any atom is -0.461 e. The van der Waals surface area contributed by atoms with Crippen molar-refractivity contribution in [3.05, 3.63) is 13.2 Å². The minimum absolute atomic E-state index is 0.136. The highest BCUT2D eigenvalue weighted by molar-refractivity contribution is 5.75. The van der Waals surface area contributed by atoms with Crippen LogP contribution in [0.1, 0.15) is 39.0 Å². The molecule has 2 N–H and O–H groups in total. The maximum atomic E-state index is 11.1. The van der Waals surface area contributed by atoms with Crippen LogP contribution in [0.25, 0.3) is 0 Å². The second-order valence-corrected chi connectivity index (χ2v) is 3.49. The highest BCUT2D eigenvalue weighted by atomic mass is 16.5. The van der Waals surface area contributed by atoms with Crippen molar-refractivity contribution in [2.24, 2.45) is 5.73 Å². The molecule has 0 radical (unpaired) electrons. The van der Waals surface area contributed by atoms with Gasteiger partial charge < -0.3 is 10.5 Å². The van der Waals surface area contributed by atoms with E-state index in [4.69, 9.17) is 10.5 Å². The minimum atomic E-state index is -0.480. The average Bonchev–Trinajstić information content (AvgIpc) is 2.22. The molecule has 1 saturated carbocycles. The van der Waals surface area contributed by atoms with E-state index in [-0.39, 0.29) is 12.1 Å². The van der Waals surface area contributed by atoms with E-state index in [0.29, 0.717) is 0 Å². The molecule has 1 rings (SSSR count). The molecular weight excluding hydrogens is 178 g/mol. The van der Waals surface area contributed by atoms with Crippen LogP contribution in [-0.4, -0.2) is 18.1 Å². The van der Waals surface area contributed by atoms with Gasteiger partial charge >= 0.3 is 5.97 Å². The Balaban J connectivity index is 0.000000791. The Morgan fingerprint density at radius 3 is 2.29 bits per heavy atom. The summed E-state index contributed by atoms with van der Waals surface area (Å²) in [6.45, 7) is 7.66. The Morgan fingerprint density at radius 1 is 1.36 bits per heavy atom. The molecule has 1 aliphatic rings. The highest BCUT2D eigenvalue weighted by Gasteiger charge is 2.19. The number of nitrogens with two attached hydrogens (primary N) is 1. The van der Waals surface area contributed by atoms with Gasteiger partial charge in [-0.2, -0.15) is 0 Å². The lowest BCUT2D eigenvalue weighted by atomic mass is 9.98. The lowest BCUT2D eigenvalue weighted by molar-refractivity contribution is -0.151. The summed E-state index contributed by atoms with van der Waals surface area (Å²) < 4.78 is 5.19. The first-order valence-corrected chi connectivity index (χ1v) is 5.16. The molecule has 0 aromatic heterocycles. The van der Waals surface area contributed by atoms with E-state index in [9.17, 15) is 4.79 Å². The number of esters is 1. The molecule has 0 spiro atoms. The zero-order valence-corrected chi connectivity index (χ0v) is 9.00. The predicted molar refractivity (Wildman–Crippen MR) is 57.9 cm³/mol. The van der Waals surface area contributed by atoms with Gasteiger partial charge in [0.15, 0.2) is 0 Å². The van der Waals surface area contributed by atoms with E-state index >= 15 is 0 Å². The smallest absolute Gasteiger partial charge is 0.322 e. The van der Waals surface area contributed by atoms with Crippen molar-refractivity contribution < 1.29 is 9.53 Å². The van der Waals surface area contributed by atoms with Crippen molar-refractivity contribution in [3.63, 3.8) is 0 Å². The summed E-state index contributed by atoms with van der Waals surface area (Å²) in [4.78, 5) is 11.1. The van der Waals surface area contributed by atoms with Gasteiger partial charge in [0.05, 0.1) is 0 Å². The van der Waals surface area contributed by atoms with E-state index in [1.807, 2.05) is 0 Å². The third kappa shape index (κ3) is 5.02. The Hall–Kier alpha value is -0.830. The Labute approximate surface area is 86.3 Å². The number of carbonyl (C=O) groups is 1. The van der Waals surface area contributed by atoms with Gasteiger partial charge in [-0.15, -0.1) is 13.2 Å². The van der Waals surface area contributed by atoms with Gasteiger partial charge in [-0.1, -0.05) is 6.42 Å². The van der Waals surface area contributed by atoms with Crippen LogP contribution < -0.4 is 5.73 Å². The monoisotopic (exact) mass is 199 g/mol. The molecule has 82 valence electrons. The molecule has 0 aromatic rings. The Kier molecular flexibility index (Phi) is 7.11. The first-order chi connectivity index (χ1) is 6.70. The van der Waals surface area contributed by atoms with Crippen LogP contribution in [0.4, 0.5) is 0 Å². The van der Waals surface area contributed by atoms with Crippen molar-refractivity contribution in [1.29, 1.82) is 0 Å². The first-order valence-electron chi connectivity index (χ1n) is 5.16. The van der Waals surface area contributed by atoms with Crippen molar-refractivity contribution >= 4 is 5.97 Å². The van der Waals surface area contributed by atoms with Crippen LogP contribution in [0, 0.1) is 0 Å². The fourth-order valence-corrected chi connectivity index (χ4v) is 1.45. The largest absolute Gasteiger partial charge is 0.461 e. The SMILES string of the molecule is C=C.CC(N)C(=O)OC1CCCCC1. The van der Waals surface area contributed by atoms with Gasteiger partial charge in [0.25, 0.3) is 0 Å². The lowest BCUT2D eigenvalue weighted by Crippen LogP contribution is -2.32. The third-order valence-electron chi connectivity index (χ3n) is 2.21. The zero-order valence-electron chi connectivity index (χ0n) is 9.00. The molecule has 0 aromatic carbocycles. The number of carbonyl (C=O) groups excluding carboxylic acids is 1. The fraction of sp³-hybridized carbons (Fsp3) is 0.727. The van der Waals surface area contributed by atoms with Gasteiger partial charge in [0, 0.05) is 0 Å². The molecule has 1 unspecified atom stereocenters. The van der Waals surface area contributed by atoms with Crippen LogP contribution in [-0.2, 0) is 9.53 Å². The van der Waals surface area contributed by atoms with E-state index < -0.39 is 6.04 Å². The predicted octanol–water partition coefficient (Wildman–Crippen LogP) is 2.01. The maximum Gasteiger partial charge on any atom is 0.322 e. The summed E-state index contributed by atoms with van der Waals surface area (Å²) in [6, 6.07) is -0.480. The van der Waals surface area contributed by atoms with E-state index in [1.54, 1.807) is 6.92 Å². The Morgan fingerprint density at radius 2 is 1.86 bits per heavy atom. The fourth-order valence-electron chi connectivity index (χ4n) is 1.45. The summed E-state index contributed by atoms with van der Waals surface area (Å²) in [6.07, 6.45) is 5.79. The van der Waals surface area contributed by atoms with Crippen LogP contribution in [0.5, 0.6) is 0 Å². The van der Waals surface area contributed by atoms with Crippen molar-refractivity contribution in [3.8, 4) is 0 Å². The van der Waals surface area contributed by atoms with Gasteiger partial charge in [0.1, 0.15) is 12.1 Å². The topological polar surface area (TPSA) is 52.3 Å². The maximum absolute atomic E-state index is 11.1. The van der Waals surface area contributed by atoms with Gasteiger partial charge in [0.2, 0.25) is 0 Å². The number of rotatable bonds is 2. The molecule has 1 atom stereocenters. The molecule has 0 aliphatic heterocycles. The molecule has 1 fully saturated rings. The van der Waals surface area contributed by atoms with Crippen LogP contribution in [0.15, 0.2) is 13.2 Å². The molecule has 14 heavy (non-hydrogen) atoms. The summed E-state index contributed by atoms with van der Waals surface area (Å²) in [5.41, 5.74) is 5.38. The van der Waals surface area contributed by atoms with Crippen LogP contribution >= 0.6 is 0 Å². The standard InChI is InChI=1S/C9H17NO2.C2H4/c1-7(10)9(11)12-8-5-3-2-4-6-8;1-2/h7-8H,2-6,10H2,1H3;1-2H2. The molecule has 0 heterocycles. The molecule has 0 amide bonds. The molecule has 0 saturated heterocycles. The first kappa shape index (κ1) is 13.2. The van der Waals surface area contributed by atoms with Crippen molar-refractivity contribution in [1.82, 2.24) is 0 Å². The number of hydrogen-bond donors (Lipinski definition) is 1. The van der Waals surface area contributed by atoms with E-state index in [2.05, 4.69) is 13.2 Å². The number of ether oxygens (including phenoxy) is 1. The molecule has 1 aliphatic carbocycles. The van der Waals surface area contributed by atoms with Crippen molar-refractivity contribution in [2.45, 2.75) is 51.2 Å².